The predicted octanol–water partition coefficient (Wildman–Crippen LogP) is 4.79. The Kier molecular flexibility index (Phi) is 4.60. The van der Waals surface area contributed by atoms with E-state index in [1.54, 1.807) is 11.3 Å². The number of aliphatic hydroxyl groups is 1. The Labute approximate surface area is 121 Å². The van der Waals surface area contributed by atoms with Crippen LogP contribution in [0.5, 0.6) is 0 Å². The number of benzene rings is 1. The summed E-state index contributed by atoms with van der Waals surface area (Å²) in [6.45, 7) is 4.43. The van der Waals surface area contributed by atoms with E-state index in [9.17, 15) is 5.11 Å². The van der Waals surface area contributed by atoms with Crippen LogP contribution in [-0.2, 0) is 6.42 Å². The Morgan fingerprint density at radius 1 is 1.17 bits per heavy atom. The third-order valence-corrected chi connectivity index (χ3v) is 4.37. The zero-order valence-corrected chi connectivity index (χ0v) is 13.0. The number of thiophene rings is 1. The molecular formula is C15H17BrOS. The standard InChI is InChI=1S/C15H17BrOS/c1-10(2)7-11-3-5-12(6-4-11)15(17)13-8-14(16)18-9-13/h3-6,8-10,15,17H,7H2,1-2H3. The molecule has 1 aromatic heterocycles. The average Bonchev–Trinajstić information content (AvgIpc) is 2.75. The van der Waals surface area contributed by atoms with E-state index in [1.165, 1.54) is 5.56 Å². The normalized spacial score (nSPS) is 12.9. The van der Waals surface area contributed by atoms with Crippen molar-refractivity contribution in [3.8, 4) is 0 Å². The van der Waals surface area contributed by atoms with Crippen molar-refractivity contribution in [3.63, 3.8) is 0 Å². The van der Waals surface area contributed by atoms with Gasteiger partial charge in [0.05, 0.1) is 3.79 Å². The molecule has 0 aliphatic rings. The molecule has 0 bridgehead atoms. The summed E-state index contributed by atoms with van der Waals surface area (Å²) in [5.41, 5.74) is 3.23. The van der Waals surface area contributed by atoms with Crippen LogP contribution in [0.1, 0.15) is 36.6 Å². The highest BCUT2D eigenvalue weighted by Gasteiger charge is 2.12. The van der Waals surface area contributed by atoms with Crippen molar-refractivity contribution in [3.05, 3.63) is 56.2 Å². The van der Waals surface area contributed by atoms with Crippen molar-refractivity contribution in [1.82, 2.24) is 0 Å². The molecule has 0 amide bonds. The Bertz CT molecular complexity index is 501. The van der Waals surface area contributed by atoms with E-state index in [0.717, 1.165) is 21.3 Å². The summed E-state index contributed by atoms with van der Waals surface area (Å²) in [5, 5.41) is 12.2. The molecule has 0 saturated carbocycles. The maximum Gasteiger partial charge on any atom is 0.105 e. The molecule has 0 aliphatic heterocycles. The van der Waals surface area contributed by atoms with Gasteiger partial charge in [0.2, 0.25) is 0 Å². The van der Waals surface area contributed by atoms with E-state index in [0.29, 0.717) is 5.92 Å². The Balaban J connectivity index is 2.14. The molecule has 1 atom stereocenters. The summed E-state index contributed by atoms with van der Waals surface area (Å²) in [7, 11) is 0. The molecule has 1 aromatic carbocycles. The first kappa shape index (κ1) is 13.8. The molecule has 2 aromatic rings. The predicted molar refractivity (Wildman–Crippen MR) is 81.1 cm³/mol. The lowest BCUT2D eigenvalue weighted by molar-refractivity contribution is 0.221. The molecule has 0 saturated heterocycles. The van der Waals surface area contributed by atoms with Gasteiger partial charge in [0, 0.05) is 0 Å². The fourth-order valence-corrected chi connectivity index (χ4v) is 3.16. The molecule has 1 heterocycles. The lowest BCUT2D eigenvalue weighted by Crippen LogP contribution is -1.99. The Morgan fingerprint density at radius 2 is 1.83 bits per heavy atom. The summed E-state index contributed by atoms with van der Waals surface area (Å²) >= 11 is 5.01. The zero-order chi connectivity index (χ0) is 13.1. The fraction of sp³-hybridized carbons (Fsp3) is 0.333. The molecule has 0 fully saturated rings. The van der Waals surface area contributed by atoms with Crippen molar-refractivity contribution in [1.29, 1.82) is 0 Å². The molecule has 3 heteroatoms. The van der Waals surface area contributed by atoms with Crippen LogP contribution in [0.25, 0.3) is 0 Å². The SMILES string of the molecule is CC(C)Cc1ccc(C(O)c2csc(Br)c2)cc1. The van der Waals surface area contributed by atoms with Gasteiger partial charge in [0.25, 0.3) is 0 Å². The van der Waals surface area contributed by atoms with E-state index >= 15 is 0 Å². The highest BCUT2D eigenvalue weighted by molar-refractivity contribution is 9.11. The van der Waals surface area contributed by atoms with Crippen LogP contribution < -0.4 is 0 Å². The topological polar surface area (TPSA) is 20.2 Å². The molecule has 1 nitrogen and oxygen atoms in total. The Hall–Kier alpha value is -0.640. The number of rotatable bonds is 4. The monoisotopic (exact) mass is 324 g/mol. The largest absolute Gasteiger partial charge is 0.384 e. The number of halogens is 1. The van der Waals surface area contributed by atoms with Crippen LogP contribution in [0.15, 0.2) is 39.5 Å². The van der Waals surface area contributed by atoms with Crippen molar-refractivity contribution in [2.24, 2.45) is 5.92 Å². The smallest absolute Gasteiger partial charge is 0.105 e. The molecule has 1 N–H and O–H groups in total. The van der Waals surface area contributed by atoms with E-state index in [4.69, 9.17) is 0 Å². The molecular weight excluding hydrogens is 308 g/mol. The maximum absolute atomic E-state index is 10.3. The second-order valence-electron chi connectivity index (χ2n) is 4.93. The van der Waals surface area contributed by atoms with Gasteiger partial charge in [-0.05, 0) is 56.4 Å². The minimum absolute atomic E-state index is 0.527. The van der Waals surface area contributed by atoms with Gasteiger partial charge in [0.1, 0.15) is 6.10 Å². The summed E-state index contributed by atoms with van der Waals surface area (Å²) < 4.78 is 1.05. The third-order valence-electron chi connectivity index (χ3n) is 2.84. The van der Waals surface area contributed by atoms with Crippen LogP contribution in [0.3, 0.4) is 0 Å². The van der Waals surface area contributed by atoms with Crippen LogP contribution in [0, 0.1) is 5.92 Å². The van der Waals surface area contributed by atoms with Crippen LogP contribution in [-0.4, -0.2) is 5.11 Å². The van der Waals surface area contributed by atoms with Gasteiger partial charge in [-0.15, -0.1) is 11.3 Å². The van der Waals surface area contributed by atoms with Gasteiger partial charge in [-0.25, -0.2) is 0 Å². The van der Waals surface area contributed by atoms with E-state index in [-0.39, 0.29) is 0 Å². The summed E-state index contributed by atoms with van der Waals surface area (Å²) in [6.07, 6.45) is 0.557. The average molecular weight is 325 g/mol. The van der Waals surface area contributed by atoms with Gasteiger partial charge < -0.3 is 5.11 Å². The Morgan fingerprint density at radius 3 is 2.33 bits per heavy atom. The fourth-order valence-electron chi connectivity index (χ4n) is 1.97. The van der Waals surface area contributed by atoms with Crippen molar-refractivity contribution >= 4 is 27.3 Å². The van der Waals surface area contributed by atoms with Gasteiger partial charge in [0.15, 0.2) is 0 Å². The molecule has 1 unspecified atom stereocenters. The first-order valence-corrected chi connectivity index (χ1v) is 7.74. The number of hydrogen-bond donors (Lipinski definition) is 1. The van der Waals surface area contributed by atoms with Crippen LogP contribution in [0.4, 0.5) is 0 Å². The van der Waals surface area contributed by atoms with Crippen LogP contribution >= 0.6 is 27.3 Å². The van der Waals surface area contributed by atoms with Crippen LogP contribution in [0.2, 0.25) is 0 Å². The molecule has 0 spiro atoms. The second kappa shape index (κ2) is 6.00. The number of hydrogen-bond acceptors (Lipinski definition) is 2. The summed E-state index contributed by atoms with van der Waals surface area (Å²) in [6, 6.07) is 10.2. The first-order chi connectivity index (χ1) is 8.56. The zero-order valence-electron chi connectivity index (χ0n) is 10.6. The third kappa shape index (κ3) is 3.44. The summed E-state index contributed by atoms with van der Waals surface area (Å²) in [5.74, 6) is 0.661. The quantitative estimate of drug-likeness (QED) is 0.857. The molecule has 18 heavy (non-hydrogen) atoms. The minimum Gasteiger partial charge on any atom is -0.384 e. The maximum atomic E-state index is 10.3. The van der Waals surface area contributed by atoms with Gasteiger partial charge >= 0.3 is 0 Å². The van der Waals surface area contributed by atoms with Crippen molar-refractivity contribution < 1.29 is 5.11 Å². The van der Waals surface area contributed by atoms with Gasteiger partial charge in [-0.3, -0.25) is 0 Å². The lowest BCUT2D eigenvalue weighted by atomic mass is 9.98. The molecule has 0 radical (unpaired) electrons. The number of aliphatic hydroxyl groups excluding tert-OH is 1. The molecule has 0 aliphatic carbocycles. The van der Waals surface area contributed by atoms with Crippen molar-refractivity contribution in [2.45, 2.75) is 26.4 Å². The molecule has 96 valence electrons. The highest BCUT2D eigenvalue weighted by atomic mass is 79.9. The van der Waals surface area contributed by atoms with Gasteiger partial charge in [-0.1, -0.05) is 38.1 Å². The van der Waals surface area contributed by atoms with Gasteiger partial charge in [-0.2, -0.15) is 0 Å². The highest BCUT2D eigenvalue weighted by Crippen LogP contribution is 2.29. The first-order valence-electron chi connectivity index (χ1n) is 6.07. The molecule has 2 rings (SSSR count). The minimum atomic E-state index is -0.527. The lowest BCUT2D eigenvalue weighted by Gasteiger charge is -2.11. The van der Waals surface area contributed by atoms with Crippen molar-refractivity contribution in [2.75, 3.05) is 0 Å². The second-order valence-corrected chi connectivity index (χ2v) is 7.22. The van der Waals surface area contributed by atoms with E-state index in [2.05, 4.69) is 41.9 Å². The summed E-state index contributed by atoms with van der Waals surface area (Å²) in [4.78, 5) is 0. The van der Waals surface area contributed by atoms with E-state index in [1.807, 2.05) is 23.6 Å². The van der Waals surface area contributed by atoms with E-state index < -0.39 is 6.10 Å².